The van der Waals surface area contributed by atoms with Gasteiger partial charge in [0.2, 0.25) is 5.91 Å². The van der Waals surface area contributed by atoms with E-state index in [2.05, 4.69) is 20.1 Å². The van der Waals surface area contributed by atoms with E-state index in [4.69, 9.17) is 11.6 Å². The lowest BCUT2D eigenvalue weighted by Gasteiger charge is -2.38. The lowest BCUT2D eigenvalue weighted by atomic mass is 10.0. The molecule has 0 aliphatic carbocycles. The van der Waals surface area contributed by atoms with E-state index in [0.717, 1.165) is 49.5 Å². The fourth-order valence-electron chi connectivity index (χ4n) is 4.77. The quantitative estimate of drug-likeness (QED) is 0.558. The van der Waals surface area contributed by atoms with Gasteiger partial charge in [-0.3, -0.25) is 14.7 Å². The van der Waals surface area contributed by atoms with E-state index < -0.39 is 11.9 Å². The smallest absolute Gasteiger partial charge is 0.382 e. The number of carbonyl (C=O) groups excluding carboxylic acids is 1. The molecule has 36 heavy (non-hydrogen) atoms. The van der Waals surface area contributed by atoms with Crippen molar-refractivity contribution >= 4 is 28.9 Å². The maximum absolute atomic E-state index is 13.0. The summed E-state index contributed by atoms with van der Waals surface area (Å²) >= 11 is 5.98. The molecule has 0 saturated carbocycles. The van der Waals surface area contributed by atoms with Gasteiger partial charge in [0.1, 0.15) is 5.69 Å². The van der Waals surface area contributed by atoms with Gasteiger partial charge in [-0.25, -0.2) is 0 Å². The molecule has 0 bridgehead atoms. The summed E-state index contributed by atoms with van der Waals surface area (Å²) < 4.78 is 38.7. The summed E-state index contributed by atoms with van der Waals surface area (Å²) in [4.78, 5) is 23.0. The Kier molecular flexibility index (Phi) is 9.47. The molecule has 4 rings (SSSR count). The minimum atomic E-state index is -4.47. The number of carbonyl (C=O) groups is 1. The van der Waals surface area contributed by atoms with Crippen LogP contribution in [0.3, 0.4) is 0 Å². The highest BCUT2D eigenvalue weighted by atomic mass is 35.5. The summed E-state index contributed by atoms with van der Waals surface area (Å²) in [6.07, 6.45) is -1.91. The van der Waals surface area contributed by atoms with Crippen molar-refractivity contribution in [2.45, 2.75) is 39.4 Å². The molecule has 1 N–H and O–H groups in total. The average Bonchev–Trinajstić information content (AvgIpc) is 2.85. The van der Waals surface area contributed by atoms with Gasteiger partial charge in [-0.1, -0.05) is 26.0 Å². The predicted molar refractivity (Wildman–Crippen MR) is 138 cm³/mol. The van der Waals surface area contributed by atoms with Gasteiger partial charge in [0.25, 0.3) is 0 Å². The molecule has 2 aliphatic rings. The van der Waals surface area contributed by atoms with E-state index in [0.29, 0.717) is 31.6 Å². The SMILES string of the molecule is C.CC(CN1CCN(c2ccc(Cl)cc2)CC1)C(=O)N1CCC(Nc2ccnc(C(F)(F)F)c2)CC1. The molecule has 198 valence electrons. The molecule has 2 aromatic rings. The maximum atomic E-state index is 13.0. The number of alkyl halides is 3. The third-order valence-electron chi connectivity index (χ3n) is 6.75. The Bertz CT molecular complexity index is 988. The lowest BCUT2D eigenvalue weighted by Crippen LogP contribution is -2.50. The fourth-order valence-corrected chi connectivity index (χ4v) is 4.90. The number of nitrogens with zero attached hydrogens (tertiary/aromatic N) is 4. The zero-order chi connectivity index (χ0) is 25.0. The Labute approximate surface area is 216 Å². The van der Waals surface area contributed by atoms with Crippen LogP contribution in [0.25, 0.3) is 0 Å². The van der Waals surface area contributed by atoms with Crippen LogP contribution < -0.4 is 10.2 Å². The Hall–Kier alpha value is -2.52. The number of rotatable bonds is 6. The Morgan fingerprint density at radius 3 is 2.33 bits per heavy atom. The summed E-state index contributed by atoms with van der Waals surface area (Å²) in [5, 5.41) is 3.90. The molecular weight excluding hydrogens is 491 g/mol. The molecule has 0 spiro atoms. The van der Waals surface area contributed by atoms with Crippen LogP contribution in [-0.4, -0.2) is 72.5 Å². The van der Waals surface area contributed by atoms with Crippen LogP contribution in [0.5, 0.6) is 0 Å². The molecule has 2 fully saturated rings. The second kappa shape index (κ2) is 12.1. The third-order valence-corrected chi connectivity index (χ3v) is 7.00. The normalized spacial score (nSPS) is 18.5. The predicted octanol–water partition coefficient (Wildman–Crippen LogP) is 5.25. The van der Waals surface area contributed by atoms with Gasteiger partial charge >= 0.3 is 6.18 Å². The van der Waals surface area contributed by atoms with E-state index in [1.165, 1.54) is 6.20 Å². The number of hydrogen-bond acceptors (Lipinski definition) is 5. The Morgan fingerprint density at radius 2 is 1.72 bits per heavy atom. The summed E-state index contributed by atoms with van der Waals surface area (Å²) in [6, 6.07) is 10.5. The van der Waals surface area contributed by atoms with Crippen LogP contribution in [0.15, 0.2) is 42.6 Å². The number of piperazine rings is 1. The van der Waals surface area contributed by atoms with Crippen LogP contribution in [0.1, 0.15) is 32.9 Å². The number of hydrogen-bond donors (Lipinski definition) is 1. The van der Waals surface area contributed by atoms with Crippen LogP contribution in [0, 0.1) is 5.92 Å². The molecule has 1 aromatic heterocycles. The molecule has 2 aliphatic heterocycles. The molecule has 1 amide bonds. The standard InChI is InChI=1S/C25H31ClF3N5O.CH4/c1-18(17-32-12-14-33(15-13-32)22-4-2-19(26)3-5-22)24(35)34-10-7-20(8-11-34)31-21-6-9-30-23(16-21)25(27,28)29;/h2-6,9,16,18,20H,7-8,10-15,17H2,1H3,(H,30,31);1H4. The highest BCUT2D eigenvalue weighted by Crippen LogP contribution is 2.29. The number of piperidine rings is 1. The molecule has 1 unspecified atom stereocenters. The average molecular weight is 526 g/mol. The van der Waals surface area contributed by atoms with Crippen molar-refractivity contribution in [1.29, 1.82) is 0 Å². The van der Waals surface area contributed by atoms with Gasteiger partial charge in [-0.2, -0.15) is 13.2 Å². The van der Waals surface area contributed by atoms with Crippen molar-refractivity contribution in [3.63, 3.8) is 0 Å². The molecule has 3 heterocycles. The molecule has 1 aromatic carbocycles. The largest absolute Gasteiger partial charge is 0.433 e. The monoisotopic (exact) mass is 525 g/mol. The van der Waals surface area contributed by atoms with Crippen molar-refractivity contribution in [2.24, 2.45) is 5.92 Å². The van der Waals surface area contributed by atoms with E-state index in [1.54, 1.807) is 6.07 Å². The van der Waals surface area contributed by atoms with E-state index >= 15 is 0 Å². The van der Waals surface area contributed by atoms with Crippen LogP contribution >= 0.6 is 11.6 Å². The summed E-state index contributed by atoms with van der Waals surface area (Å²) in [5.74, 6) is 0.0444. The molecular formula is C26H35ClF3N5O. The van der Waals surface area contributed by atoms with Gasteiger partial charge in [-0.05, 0) is 49.2 Å². The van der Waals surface area contributed by atoms with Crippen molar-refractivity contribution in [3.05, 3.63) is 53.3 Å². The second-order valence-electron chi connectivity index (χ2n) is 9.34. The first-order valence-corrected chi connectivity index (χ1v) is 12.4. The van der Waals surface area contributed by atoms with Crippen LogP contribution in [0.2, 0.25) is 5.02 Å². The first kappa shape index (κ1) is 28.1. The molecule has 10 heteroatoms. The molecule has 2 saturated heterocycles. The zero-order valence-corrected chi connectivity index (χ0v) is 20.5. The van der Waals surface area contributed by atoms with Gasteiger partial charge in [0.15, 0.2) is 0 Å². The summed E-state index contributed by atoms with van der Waals surface area (Å²) in [5.41, 5.74) is 0.664. The first-order chi connectivity index (χ1) is 16.7. The second-order valence-corrected chi connectivity index (χ2v) is 9.77. The zero-order valence-electron chi connectivity index (χ0n) is 19.8. The number of anilines is 2. The topological polar surface area (TPSA) is 51.7 Å². The number of nitrogens with one attached hydrogen (secondary N) is 1. The number of benzene rings is 1. The van der Waals surface area contributed by atoms with E-state index in [9.17, 15) is 18.0 Å². The third kappa shape index (κ3) is 7.26. The Balaban J connectivity index is 0.00000361. The number of pyridine rings is 1. The van der Waals surface area contributed by atoms with Crippen LogP contribution in [-0.2, 0) is 11.0 Å². The number of aromatic nitrogens is 1. The Morgan fingerprint density at radius 1 is 1.08 bits per heavy atom. The number of halogens is 4. The highest BCUT2D eigenvalue weighted by Gasteiger charge is 2.33. The van der Waals surface area contributed by atoms with Gasteiger partial charge in [-0.15, -0.1) is 0 Å². The van der Waals surface area contributed by atoms with Gasteiger partial charge in [0.05, 0.1) is 0 Å². The minimum Gasteiger partial charge on any atom is -0.382 e. The summed E-state index contributed by atoms with van der Waals surface area (Å²) in [7, 11) is 0. The number of amides is 1. The molecule has 1 atom stereocenters. The van der Waals surface area contributed by atoms with E-state index in [1.807, 2.05) is 36.1 Å². The van der Waals surface area contributed by atoms with E-state index in [-0.39, 0.29) is 25.3 Å². The van der Waals surface area contributed by atoms with Crippen molar-refractivity contribution in [3.8, 4) is 0 Å². The molecule has 0 radical (unpaired) electrons. The van der Waals surface area contributed by atoms with Crippen LogP contribution in [0.4, 0.5) is 24.5 Å². The van der Waals surface area contributed by atoms with Crippen molar-refractivity contribution in [1.82, 2.24) is 14.8 Å². The van der Waals surface area contributed by atoms with Crippen molar-refractivity contribution in [2.75, 3.05) is 56.0 Å². The molecule has 6 nitrogen and oxygen atoms in total. The first-order valence-electron chi connectivity index (χ1n) is 12.0. The van der Waals surface area contributed by atoms with Gasteiger partial charge < -0.3 is 15.1 Å². The summed E-state index contributed by atoms with van der Waals surface area (Å²) in [6.45, 7) is 7.52. The lowest BCUT2D eigenvalue weighted by molar-refractivity contribution is -0.141. The van der Waals surface area contributed by atoms with Gasteiger partial charge in [0, 0.05) is 80.4 Å². The highest BCUT2D eigenvalue weighted by molar-refractivity contribution is 6.30. The van der Waals surface area contributed by atoms with Crippen molar-refractivity contribution < 1.29 is 18.0 Å². The fraction of sp³-hybridized carbons (Fsp3) is 0.538. The number of likely N-dealkylation sites (tertiary alicyclic amines) is 1. The maximum Gasteiger partial charge on any atom is 0.433 e. The minimum absolute atomic E-state index is 0.